The maximum absolute atomic E-state index is 12.9. The minimum absolute atomic E-state index is 0.0495. The van der Waals surface area contributed by atoms with Crippen molar-refractivity contribution in [2.75, 3.05) is 11.0 Å². The summed E-state index contributed by atoms with van der Waals surface area (Å²) in [6.45, 7) is 1.82. The van der Waals surface area contributed by atoms with E-state index in [1.807, 2.05) is 29.5 Å². The van der Waals surface area contributed by atoms with E-state index in [9.17, 15) is 17.6 Å². The molecule has 5 nitrogen and oxygen atoms in total. The minimum Gasteiger partial charge on any atom is -0.457 e. The zero-order chi connectivity index (χ0) is 18.4. The number of esters is 1. The third kappa shape index (κ3) is 5.75. The third-order valence-electron chi connectivity index (χ3n) is 3.36. The van der Waals surface area contributed by atoms with Gasteiger partial charge in [-0.3, -0.25) is 0 Å². The van der Waals surface area contributed by atoms with Gasteiger partial charge < -0.3 is 4.74 Å². The molecule has 0 saturated heterocycles. The number of carbonyl (C=O) groups excluding carboxylic acids is 1. The Morgan fingerprint density at radius 1 is 1.16 bits per heavy atom. The summed E-state index contributed by atoms with van der Waals surface area (Å²) in [6, 6.07) is 11.4. The molecule has 134 valence electrons. The van der Waals surface area contributed by atoms with E-state index in [4.69, 9.17) is 4.74 Å². The van der Waals surface area contributed by atoms with Crippen LogP contribution in [0, 0.1) is 12.7 Å². The molecule has 0 amide bonds. The fourth-order valence-electron chi connectivity index (χ4n) is 1.94. The summed E-state index contributed by atoms with van der Waals surface area (Å²) in [4.78, 5) is 12.2. The minimum atomic E-state index is -3.68. The second-order valence-electron chi connectivity index (χ2n) is 5.35. The van der Waals surface area contributed by atoms with Gasteiger partial charge in [0.05, 0.1) is 10.5 Å². The summed E-state index contributed by atoms with van der Waals surface area (Å²) in [7, 11) is -3.68. The van der Waals surface area contributed by atoms with Gasteiger partial charge in [-0.05, 0) is 43.3 Å². The fourth-order valence-corrected chi connectivity index (χ4v) is 3.49. The molecule has 1 N–H and O–H groups in total. The summed E-state index contributed by atoms with van der Waals surface area (Å²) in [5.74, 6) is -1.08. The molecular weight excluding hydrogens is 460 g/mol. The molecule has 0 spiro atoms. The first-order valence-electron chi connectivity index (χ1n) is 7.40. The number of carbonyl (C=O) groups is 1. The molecule has 0 aliphatic rings. The lowest BCUT2D eigenvalue weighted by Crippen LogP contribution is -2.35. The van der Waals surface area contributed by atoms with Crippen LogP contribution in [0.5, 0.6) is 0 Å². The zero-order valence-corrected chi connectivity index (χ0v) is 16.4. The van der Waals surface area contributed by atoms with Crippen LogP contribution < -0.4 is 4.72 Å². The Morgan fingerprint density at radius 3 is 2.32 bits per heavy atom. The van der Waals surface area contributed by atoms with Crippen LogP contribution in [0.25, 0.3) is 0 Å². The van der Waals surface area contributed by atoms with Crippen LogP contribution in [0.2, 0.25) is 0 Å². The van der Waals surface area contributed by atoms with Crippen molar-refractivity contribution < 1.29 is 22.3 Å². The van der Waals surface area contributed by atoms with Crippen LogP contribution in [0.3, 0.4) is 0 Å². The fraction of sp³-hybridized carbons (Fsp3) is 0.235. The second-order valence-corrected chi connectivity index (χ2v) is 8.00. The number of benzene rings is 2. The van der Waals surface area contributed by atoms with Crippen molar-refractivity contribution >= 4 is 38.6 Å². The van der Waals surface area contributed by atoms with E-state index in [0.29, 0.717) is 4.43 Å². The number of hydrogen-bond acceptors (Lipinski definition) is 4. The van der Waals surface area contributed by atoms with Gasteiger partial charge in [0.25, 0.3) is 0 Å². The molecule has 2 aromatic rings. The lowest BCUT2D eigenvalue weighted by atomic mass is 10.2. The van der Waals surface area contributed by atoms with Gasteiger partial charge in [0.2, 0.25) is 10.0 Å². The van der Waals surface area contributed by atoms with Crippen LogP contribution in [0.4, 0.5) is 4.39 Å². The number of hydrogen-bond donors (Lipinski definition) is 1. The Morgan fingerprint density at radius 2 is 1.76 bits per heavy atom. The Labute approximate surface area is 159 Å². The molecule has 0 saturated carbocycles. The van der Waals surface area contributed by atoms with E-state index in [-0.39, 0.29) is 17.0 Å². The van der Waals surface area contributed by atoms with Crippen LogP contribution >= 0.6 is 22.6 Å². The van der Waals surface area contributed by atoms with Crippen molar-refractivity contribution in [3.63, 3.8) is 0 Å². The molecule has 1 unspecified atom stereocenters. The van der Waals surface area contributed by atoms with E-state index < -0.39 is 27.9 Å². The maximum Gasteiger partial charge on any atom is 0.338 e. The van der Waals surface area contributed by atoms with E-state index in [2.05, 4.69) is 4.72 Å². The van der Waals surface area contributed by atoms with Gasteiger partial charge in [-0.25, -0.2) is 22.3 Å². The lowest BCUT2D eigenvalue weighted by Gasteiger charge is -2.16. The molecule has 0 heterocycles. The normalized spacial score (nSPS) is 12.6. The Balaban J connectivity index is 1.98. The van der Waals surface area contributed by atoms with E-state index in [0.717, 1.165) is 17.7 Å². The molecule has 1 atom stereocenters. The highest BCUT2D eigenvalue weighted by Crippen LogP contribution is 2.11. The Hall–Kier alpha value is -1.52. The first kappa shape index (κ1) is 19.8. The van der Waals surface area contributed by atoms with Crippen LogP contribution in [0.1, 0.15) is 15.9 Å². The van der Waals surface area contributed by atoms with Gasteiger partial charge in [-0.15, -0.1) is 0 Å². The highest BCUT2D eigenvalue weighted by Gasteiger charge is 2.19. The predicted octanol–water partition coefficient (Wildman–Crippen LogP) is 3.07. The van der Waals surface area contributed by atoms with Gasteiger partial charge in [0, 0.05) is 11.0 Å². The molecule has 0 bridgehead atoms. The number of nitrogens with one attached hydrogen (secondary N) is 1. The van der Waals surface area contributed by atoms with Gasteiger partial charge in [-0.2, -0.15) is 0 Å². The van der Waals surface area contributed by atoms with Crippen LogP contribution in [-0.2, 0) is 14.8 Å². The summed E-state index contributed by atoms with van der Waals surface area (Å²) in [5, 5.41) is 0. The highest BCUT2D eigenvalue weighted by atomic mass is 127. The van der Waals surface area contributed by atoms with Crippen LogP contribution in [-0.4, -0.2) is 31.5 Å². The standard InChI is InChI=1S/C17H17FINO4S/c1-12-2-8-16(9-3-12)25(22,23)20-11-15(10-19)24-17(21)13-4-6-14(18)7-5-13/h2-9,15,20H,10-11H2,1H3. The second kappa shape index (κ2) is 8.72. The maximum atomic E-state index is 12.9. The molecular formula is C17H17FINO4S. The molecule has 0 aromatic heterocycles. The van der Waals surface area contributed by atoms with Crippen molar-refractivity contribution in [2.24, 2.45) is 0 Å². The average molecular weight is 477 g/mol. The molecule has 0 fully saturated rings. The van der Waals surface area contributed by atoms with Gasteiger partial charge >= 0.3 is 5.97 Å². The van der Waals surface area contributed by atoms with Crippen molar-refractivity contribution in [3.05, 3.63) is 65.5 Å². The lowest BCUT2D eigenvalue weighted by molar-refractivity contribution is 0.0366. The topological polar surface area (TPSA) is 72.5 Å². The molecule has 25 heavy (non-hydrogen) atoms. The van der Waals surface area contributed by atoms with E-state index in [1.165, 1.54) is 24.3 Å². The summed E-state index contributed by atoms with van der Waals surface area (Å²) < 4.78 is 45.5. The number of ether oxygens (including phenoxy) is 1. The SMILES string of the molecule is Cc1ccc(S(=O)(=O)NCC(CI)OC(=O)c2ccc(F)cc2)cc1. The monoisotopic (exact) mass is 477 g/mol. The molecule has 0 radical (unpaired) electrons. The molecule has 0 aliphatic heterocycles. The van der Waals surface area contributed by atoms with Crippen molar-refractivity contribution in [2.45, 2.75) is 17.9 Å². The largest absolute Gasteiger partial charge is 0.457 e. The van der Waals surface area contributed by atoms with Gasteiger partial charge in [-0.1, -0.05) is 40.3 Å². The van der Waals surface area contributed by atoms with Crippen molar-refractivity contribution in [1.29, 1.82) is 0 Å². The van der Waals surface area contributed by atoms with E-state index >= 15 is 0 Å². The molecule has 2 aromatic carbocycles. The third-order valence-corrected chi connectivity index (χ3v) is 5.78. The zero-order valence-electron chi connectivity index (χ0n) is 13.4. The smallest absolute Gasteiger partial charge is 0.338 e. The first-order valence-corrected chi connectivity index (χ1v) is 10.4. The Kier molecular flexibility index (Phi) is 6.91. The quantitative estimate of drug-likeness (QED) is 0.378. The summed E-state index contributed by atoms with van der Waals surface area (Å²) >= 11 is 2.01. The molecule has 2 rings (SSSR count). The van der Waals surface area contributed by atoms with Gasteiger partial charge in [0.15, 0.2) is 0 Å². The number of alkyl halides is 1. The number of aryl methyl sites for hydroxylation is 1. The number of halogens is 2. The molecule has 0 aliphatic carbocycles. The van der Waals surface area contributed by atoms with E-state index in [1.54, 1.807) is 12.1 Å². The van der Waals surface area contributed by atoms with Gasteiger partial charge in [0.1, 0.15) is 11.9 Å². The van der Waals surface area contributed by atoms with Crippen LogP contribution in [0.15, 0.2) is 53.4 Å². The highest BCUT2D eigenvalue weighted by molar-refractivity contribution is 14.1. The Bertz CT molecular complexity index is 823. The van der Waals surface area contributed by atoms with Crippen molar-refractivity contribution in [3.8, 4) is 0 Å². The first-order chi connectivity index (χ1) is 11.8. The molecule has 8 heteroatoms. The average Bonchev–Trinajstić information content (AvgIpc) is 2.59. The number of sulfonamides is 1. The van der Waals surface area contributed by atoms with Crippen molar-refractivity contribution in [1.82, 2.24) is 4.72 Å². The summed E-state index contributed by atoms with van der Waals surface area (Å²) in [6.07, 6.45) is -0.640. The summed E-state index contributed by atoms with van der Waals surface area (Å²) in [5.41, 5.74) is 1.16. The predicted molar refractivity (Wildman–Crippen MR) is 101 cm³/mol. The number of rotatable bonds is 7.